The lowest BCUT2D eigenvalue weighted by atomic mass is 9.81. The van der Waals surface area contributed by atoms with Gasteiger partial charge in [0, 0.05) is 60.9 Å². The van der Waals surface area contributed by atoms with Crippen LogP contribution in [-0.4, -0.2) is 92.2 Å². The van der Waals surface area contributed by atoms with Crippen molar-refractivity contribution < 1.29 is 24.3 Å². The summed E-state index contributed by atoms with van der Waals surface area (Å²) in [6.07, 6.45) is 3.70. The molecule has 4 amide bonds. The summed E-state index contributed by atoms with van der Waals surface area (Å²) in [7, 11) is 0. The van der Waals surface area contributed by atoms with E-state index in [-0.39, 0.29) is 42.0 Å². The van der Waals surface area contributed by atoms with E-state index < -0.39 is 12.1 Å². The van der Waals surface area contributed by atoms with Crippen LogP contribution in [0.2, 0.25) is 0 Å². The number of hydrogen-bond donors (Lipinski definition) is 6. The molecule has 2 heterocycles. The van der Waals surface area contributed by atoms with Crippen LogP contribution in [0.25, 0.3) is 22.5 Å². The number of hydrogen-bond acceptors (Lipinski definition) is 8. The van der Waals surface area contributed by atoms with E-state index in [4.69, 9.17) is 5.11 Å². The average Bonchev–Trinajstić information content (AvgIpc) is 3.73. The lowest BCUT2D eigenvalue weighted by molar-refractivity contribution is -0.130. The van der Waals surface area contributed by atoms with Crippen molar-refractivity contribution in [2.45, 2.75) is 76.9 Å². The predicted octanol–water partition coefficient (Wildman–Crippen LogP) is 4.88. The van der Waals surface area contributed by atoms with Crippen molar-refractivity contribution in [3.05, 3.63) is 83.9 Å². The van der Waals surface area contributed by atoms with Crippen molar-refractivity contribution in [3.63, 3.8) is 0 Å². The van der Waals surface area contributed by atoms with Crippen LogP contribution in [0.3, 0.4) is 0 Å². The third kappa shape index (κ3) is 10.3. The van der Waals surface area contributed by atoms with E-state index >= 15 is 0 Å². The van der Waals surface area contributed by atoms with Gasteiger partial charge >= 0.3 is 6.09 Å². The Labute approximate surface area is 314 Å². The number of anilines is 1. The zero-order valence-electron chi connectivity index (χ0n) is 30.8. The van der Waals surface area contributed by atoms with E-state index in [0.717, 1.165) is 61.0 Å². The standard InChI is InChI=1S/C40H49N9O5/c1-25(2)49-19-17-34(18-20-49)42-38(51)32-8-4-7-31(23-32)30-6-3-5-27(21-30)22-35(44-37(50)29-11-9-26(10-12-29)24-41-40(53)54)39(52)43-33-15-13-28(14-16-33)36-45-47-48-46-36/h3-8,13-16,21,23,25-26,29,34-35,41H,9-12,17-20,22,24H2,1-2H3,(H,42,51)(H,43,52)(H,44,50)(H,53,54)(H,45,46,47,48)/t26?,29?,35-/m0/s1. The maximum Gasteiger partial charge on any atom is 0.404 e. The molecule has 1 saturated carbocycles. The van der Waals surface area contributed by atoms with E-state index in [0.29, 0.717) is 42.5 Å². The lowest BCUT2D eigenvalue weighted by Gasteiger charge is -2.34. The molecule has 1 aliphatic heterocycles. The van der Waals surface area contributed by atoms with Gasteiger partial charge in [-0.1, -0.05) is 36.4 Å². The Balaban J connectivity index is 1.14. The molecule has 6 N–H and O–H groups in total. The third-order valence-electron chi connectivity index (χ3n) is 10.6. The second kappa shape index (κ2) is 17.9. The van der Waals surface area contributed by atoms with Crippen molar-refractivity contribution in [1.29, 1.82) is 0 Å². The molecular weight excluding hydrogens is 686 g/mol. The SMILES string of the molecule is CC(C)N1CCC(NC(=O)c2cccc(-c3cccc(C[C@H](NC(=O)C4CCC(CNC(=O)O)CC4)C(=O)Nc4ccc(-c5nn[nH]n5)cc4)c3)c2)CC1. The number of nitrogens with one attached hydrogen (secondary N) is 5. The zero-order valence-corrected chi connectivity index (χ0v) is 30.8. The number of aromatic nitrogens is 4. The van der Waals surface area contributed by atoms with E-state index in [1.807, 2.05) is 48.5 Å². The Morgan fingerprint density at radius 3 is 2.24 bits per heavy atom. The summed E-state index contributed by atoms with van der Waals surface area (Å²) in [5.74, 6) is -0.323. The fourth-order valence-electron chi connectivity index (χ4n) is 7.36. The molecule has 0 radical (unpaired) electrons. The van der Waals surface area contributed by atoms with Gasteiger partial charge in [0.25, 0.3) is 5.91 Å². The summed E-state index contributed by atoms with van der Waals surface area (Å²) in [5, 5.41) is 34.6. The van der Waals surface area contributed by atoms with Gasteiger partial charge in [-0.2, -0.15) is 5.21 Å². The van der Waals surface area contributed by atoms with Gasteiger partial charge in [0.15, 0.2) is 0 Å². The van der Waals surface area contributed by atoms with Crippen molar-refractivity contribution in [2.75, 3.05) is 25.0 Å². The molecule has 54 heavy (non-hydrogen) atoms. The van der Waals surface area contributed by atoms with Gasteiger partial charge in [-0.05, 0) is 117 Å². The average molecular weight is 736 g/mol. The Morgan fingerprint density at radius 1 is 0.870 bits per heavy atom. The van der Waals surface area contributed by atoms with Crippen molar-refractivity contribution >= 4 is 29.5 Å². The van der Waals surface area contributed by atoms with E-state index in [1.54, 1.807) is 24.3 Å². The van der Waals surface area contributed by atoms with E-state index in [9.17, 15) is 19.2 Å². The summed E-state index contributed by atoms with van der Waals surface area (Å²) in [6.45, 7) is 6.70. The van der Waals surface area contributed by atoms with Gasteiger partial charge in [-0.15, -0.1) is 10.2 Å². The highest BCUT2D eigenvalue weighted by molar-refractivity contribution is 5.98. The van der Waals surface area contributed by atoms with E-state index in [1.165, 1.54) is 0 Å². The Hall–Kier alpha value is -5.63. The molecule has 0 unspecified atom stereocenters. The number of nitrogens with zero attached hydrogens (tertiary/aromatic N) is 4. The fraction of sp³-hybridized carbons (Fsp3) is 0.425. The first-order valence-electron chi connectivity index (χ1n) is 18.8. The maximum absolute atomic E-state index is 13.9. The second-order valence-electron chi connectivity index (χ2n) is 14.6. The predicted molar refractivity (Wildman–Crippen MR) is 204 cm³/mol. The minimum absolute atomic E-state index is 0.0899. The molecule has 1 aromatic heterocycles. The molecule has 2 fully saturated rings. The molecule has 284 valence electrons. The number of tetrazole rings is 1. The molecule has 4 aromatic rings. The van der Waals surface area contributed by atoms with Crippen LogP contribution in [0.1, 0.15) is 68.3 Å². The Kier molecular flexibility index (Phi) is 12.7. The number of benzene rings is 3. The smallest absolute Gasteiger partial charge is 0.404 e. The van der Waals surface area contributed by atoms with Crippen LogP contribution in [0.5, 0.6) is 0 Å². The molecule has 2 aliphatic rings. The maximum atomic E-state index is 13.9. The summed E-state index contributed by atoms with van der Waals surface area (Å²) in [4.78, 5) is 54.2. The van der Waals surface area contributed by atoms with Crippen LogP contribution in [-0.2, 0) is 16.0 Å². The first kappa shape index (κ1) is 38.1. The summed E-state index contributed by atoms with van der Waals surface area (Å²) >= 11 is 0. The molecular formula is C40H49N9O5. The second-order valence-corrected chi connectivity index (χ2v) is 14.6. The highest BCUT2D eigenvalue weighted by Crippen LogP contribution is 2.29. The molecule has 1 atom stereocenters. The first-order chi connectivity index (χ1) is 26.1. The van der Waals surface area contributed by atoms with Gasteiger partial charge in [0.05, 0.1) is 0 Å². The molecule has 14 heteroatoms. The number of H-pyrrole nitrogens is 1. The molecule has 0 spiro atoms. The van der Waals surface area contributed by atoms with Crippen LogP contribution in [0.15, 0.2) is 72.8 Å². The number of aromatic amines is 1. The van der Waals surface area contributed by atoms with Gasteiger partial charge in [0.1, 0.15) is 6.04 Å². The number of carboxylic acid groups (broad SMARTS) is 1. The lowest BCUT2D eigenvalue weighted by Crippen LogP contribution is -2.48. The summed E-state index contributed by atoms with van der Waals surface area (Å²) < 4.78 is 0. The third-order valence-corrected chi connectivity index (χ3v) is 10.6. The minimum Gasteiger partial charge on any atom is -0.465 e. The normalized spacial score (nSPS) is 18.4. The highest BCUT2D eigenvalue weighted by atomic mass is 16.4. The quantitative estimate of drug-likeness (QED) is 0.111. The largest absolute Gasteiger partial charge is 0.465 e. The zero-order chi connectivity index (χ0) is 38.0. The molecule has 14 nitrogen and oxygen atoms in total. The number of carbonyl (C=O) groups excluding carboxylic acids is 3. The molecule has 0 bridgehead atoms. The first-order valence-corrected chi connectivity index (χ1v) is 18.8. The number of amides is 4. The topological polar surface area (TPSA) is 194 Å². The minimum atomic E-state index is -1.05. The number of piperidine rings is 1. The monoisotopic (exact) mass is 735 g/mol. The van der Waals surface area contributed by atoms with Crippen molar-refractivity contribution in [1.82, 2.24) is 41.5 Å². The summed E-state index contributed by atoms with van der Waals surface area (Å²) in [5.41, 5.74) is 4.48. The summed E-state index contributed by atoms with van der Waals surface area (Å²) in [6, 6.07) is 22.2. The molecule has 3 aromatic carbocycles. The van der Waals surface area contributed by atoms with Gasteiger partial charge < -0.3 is 31.3 Å². The molecule has 1 aliphatic carbocycles. The van der Waals surface area contributed by atoms with Crippen LogP contribution in [0, 0.1) is 11.8 Å². The number of likely N-dealkylation sites (tertiary alicyclic amines) is 1. The molecule has 6 rings (SSSR count). The highest BCUT2D eigenvalue weighted by Gasteiger charge is 2.30. The van der Waals surface area contributed by atoms with Gasteiger partial charge in [0.2, 0.25) is 17.6 Å². The van der Waals surface area contributed by atoms with Crippen molar-refractivity contribution in [3.8, 4) is 22.5 Å². The Bertz CT molecular complexity index is 1880. The number of rotatable bonds is 13. The van der Waals surface area contributed by atoms with Gasteiger partial charge in [-0.3, -0.25) is 14.4 Å². The number of carbonyl (C=O) groups is 4. The molecule has 1 saturated heterocycles. The van der Waals surface area contributed by atoms with Crippen LogP contribution >= 0.6 is 0 Å². The Morgan fingerprint density at radius 2 is 1.57 bits per heavy atom. The fourth-order valence-corrected chi connectivity index (χ4v) is 7.36. The van der Waals surface area contributed by atoms with Gasteiger partial charge in [-0.25, -0.2) is 4.79 Å². The van der Waals surface area contributed by atoms with Crippen molar-refractivity contribution in [2.24, 2.45) is 11.8 Å². The van der Waals surface area contributed by atoms with Crippen LogP contribution in [0.4, 0.5) is 10.5 Å². The van der Waals surface area contributed by atoms with Crippen LogP contribution < -0.4 is 21.3 Å². The van der Waals surface area contributed by atoms with E-state index in [2.05, 4.69) is 60.6 Å².